The molecule has 0 fully saturated rings. The molecule has 0 aliphatic rings. The first kappa shape index (κ1) is 39.7. The fourth-order valence-corrected chi connectivity index (χ4v) is 9.32. The van der Waals surface area contributed by atoms with Gasteiger partial charge >= 0.3 is 0 Å². The lowest BCUT2D eigenvalue weighted by atomic mass is 9.99. The number of fused-ring (bicyclic) bond motifs is 6. The van der Waals surface area contributed by atoms with Crippen molar-refractivity contribution < 1.29 is 19.7 Å². The molecule has 0 atom stereocenters. The predicted octanol–water partition coefficient (Wildman–Crippen LogP) is 14.2. The van der Waals surface area contributed by atoms with Gasteiger partial charge in [-0.3, -0.25) is 0 Å². The maximum atomic E-state index is 12.1. The number of rotatable bonds is 12. The topological polar surface area (TPSA) is 68.8 Å². The Morgan fingerprint density at radius 1 is 0.413 bits per heavy atom. The van der Waals surface area contributed by atoms with Crippen LogP contribution in [0.1, 0.15) is 42.5 Å². The third-order valence-electron chi connectivity index (χ3n) is 12.4. The lowest BCUT2D eigenvalue weighted by Crippen LogP contribution is -2.06. The second kappa shape index (κ2) is 16.4. The number of hydrogen-bond acceptors (Lipinski definition) is 4. The second-order valence-electron chi connectivity index (χ2n) is 16.5. The molecule has 312 valence electrons. The van der Waals surface area contributed by atoms with E-state index in [2.05, 4.69) is 134 Å². The highest BCUT2D eigenvalue weighted by Crippen LogP contribution is 2.45. The molecule has 0 saturated heterocycles. The van der Waals surface area contributed by atoms with E-state index in [1.54, 1.807) is 0 Å². The minimum Gasteiger partial charge on any atom is -0.505 e. The van der Waals surface area contributed by atoms with Crippen LogP contribution in [0.25, 0.3) is 77.2 Å². The molecule has 0 amide bonds. The van der Waals surface area contributed by atoms with Crippen LogP contribution in [0.15, 0.2) is 158 Å². The molecule has 10 rings (SSSR count). The number of aryl methyl sites for hydroxylation is 4. The summed E-state index contributed by atoms with van der Waals surface area (Å²) >= 11 is 0. The quantitative estimate of drug-likeness (QED) is 0.120. The molecule has 0 unspecified atom stereocenters. The Balaban J connectivity index is 0.907. The van der Waals surface area contributed by atoms with Gasteiger partial charge in [-0.05, 0) is 122 Å². The Kier molecular flexibility index (Phi) is 10.4. The summed E-state index contributed by atoms with van der Waals surface area (Å²) in [5.74, 6) is 1.77. The van der Waals surface area contributed by atoms with Gasteiger partial charge in [-0.1, -0.05) is 98.8 Å². The molecule has 0 spiro atoms. The Morgan fingerprint density at radius 3 is 1.25 bits per heavy atom. The number of benzene rings is 8. The van der Waals surface area contributed by atoms with Gasteiger partial charge in [0.25, 0.3) is 0 Å². The molecule has 6 heteroatoms. The van der Waals surface area contributed by atoms with Crippen molar-refractivity contribution in [2.24, 2.45) is 0 Å². The summed E-state index contributed by atoms with van der Waals surface area (Å²) in [6, 6.07) is 54.0. The number of para-hydroxylation sites is 4. The van der Waals surface area contributed by atoms with E-state index >= 15 is 0 Å². The third kappa shape index (κ3) is 7.02. The van der Waals surface area contributed by atoms with E-state index < -0.39 is 0 Å². The van der Waals surface area contributed by atoms with Gasteiger partial charge in [0.05, 0.1) is 46.7 Å². The summed E-state index contributed by atoms with van der Waals surface area (Å²) in [4.78, 5) is 0. The maximum absolute atomic E-state index is 12.1. The van der Waals surface area contributed by atoms with Crippen molar-refractivity contribution in [2.75, 3.05) is 13.2 Å². The zero-order valence-electron chi connectivity index (χ0n) is 36.2. The number of phenols is 2. The summed E-state index contributed by atoms with van der Waals surface area (Å²) in [5.41, 5.74) is 13.3. The molecule has 0 radical (unpaired) electrons. The molecule has 0 bridgehead atoms. The molecule has 10 aromatic rings. The molecule has 63 heavy (non-hydrogen) atoms. The zero-order chi connectivity index (χ0) is 43.2. The summed E-state index contributed by atoms with van der Waals surface area (Å²) in [5, 5.41) is 28.9. The SMILES string of the molecule is CCc1ccc2c(c1)c1ccccc1n2-c1cc(C)cc(-c2ccccc2OCCCOc2ccccc2-c2cc(C)cc(-n3c4ccccc4c4cc(CC)ccc43)c2O)c1O. The summed E-state index contributed by atoms with van der Waals surface area (Å²) in [7, 11) is 0. The largest absolute Gasteiger partial charge is 0.505 e. The molecule has 0 aliphatic carbocycles. The van der Waals surface area contributed by atoms with Crippen molar-refractivity contribution in [3.63, 3.8) is 0 Å². The Morgan fingerprint density at radius 2 is 0.810 bits per heavy atom. The number of aromatic nitrogens is 2. The van der Waals surface area contributed by atoms with Crippen molar-refractivity contribution in [3.05, 3.63) is 180 Å². The van der Waals surface area contributed by atoms with Crippen molar-refractivity contribution in [1.29, 1.82) is 0 Å². The first-order valence-corrected chi connectivity index (χ1v) is 22.0. The summed E-state index contributed by atoms with van der Waals surface area (Å²) < 4.78 is 17.3. The monoisotopic (exact) mass is 826 g/mol. The first-order valence-electron chi connectivity index (χ1n) is 22.0. The number of aromatic hydroxyl groups is 2. The van der Waals surface area contributed by atoms with E-state index in [0.29, 0.717) is 42.3 Å². The smallest absolute Gasteiger partial charge is 0.147 e. The van der Waals surface area contributed by atoms with Crippen LogP contribution in [-0.4, -0.2) is 32.6 Å². The highest BCUT2D eigenvalue weighted by Gasteiger charge is 2.22. The summed E-state index contributed by atoms with van der Waals surface area (Å²) in [6.45, 7) is 9.29. The molecule has 0 aliphatic heterocycles. The van der Waals surface area contributed by atoms with Crippen LogP contribution in [0, 0.1) is 13.8 Å². The molecular formula is C57H50N2O4. The molecule has 2 N–H and O–H groups in total. The molecule has 2 aromatic heterocycles. The standard InChI is InChI=1S/C57H50N2O4/c1-5-38-24-26-50-44(34-38)40-16-7-11-20-48(40)58(50)52-32-36(3)30-46(56(52)60)42-18-9-13-22-54(42)62-28-15-29-63-55-23-14-10-19-43(55)47-31-37(4)33-53(57(47)61)59-49-21-12-8-17-41(49)45-35-39(6-2)25-27-51(45)59/h7-14,16-27,30-35,60-61H,5-6,15,28-29H2,1-4H3. The number of phenolic OH excluding ortho intramolecular Hbond substituents is 2. The minimum absolute atomic E-state index is 0.199. The fraction of sp³-hybridized carbons (Fsp3) is 0.158. The second-order valence-corrected chi connectivity index (χ2v) is 16.5. The van der Waals surface area contributed by atoms with E-state index in [1.165, 1.54) is 21.9 Å². The van der Waals surface area contributed by atoms with Crippen LogP contribution in [0.4, 0.5) is 0 Å². The molecular weight excluding hydrogens is 777 g/mol. The predicted molar refractivity (Wildman–Crippen MR) is 260 cm³/mol. The Bertz CT molecular complexity index is 3130. The van der Waals surface area contributed by atoms with E-state index in [9.17, 15) is 10.2 Å². The Labute approximate surface area is 367 Å². The van der Waals surface area contributed by atoms with E-state index in [1.807, 2.05) is 60.7 Å². The van der Waals surface area contributed by atoms with Gasteiger partial charge in [-0.2, -0.15) is 0 Å². The first-order chi connectivity index (χ1) is 30.8. The third-order valence-corrected chi connectivity index (χ3v) is 12.4. The van der Waals surface area contributed by atoms with Crippen molar-refractivity contribution >= 4 is 43.6 Å². The lowest BCUT2D eigenvalue weighted by Gasteiger charge is -2.18. The average molecular weight is 827 g/mol. The molecule has 0 saturated carbocycles. The van der Waals surface area contributed by atoms with Crippen LogP contribution < -0.4 is 9.47 Å². The zero-order valence-corrected chi connectivity index (χ0v) is 36.2. The van der Waals surface area contributed by atoms with Crippen LogP contribution in [0.2, 0.25) is 0 Å². The highest BCUT2D eigenvalue weighted by atomic mass is 16.5. The van der Waals surface area contributed by atoms with Gasteiger partial charge in [0.2, 0.25) is 0 Å². The van der Waals surface area contributed by atoms with Gasteiger partial charge < -0.3 is 28.8 Å². The highest BCUT2D eigenvalue weighted by molar-refractivity contribution is 6.11. The molecule has 6 nitrogen and oxygen atoms in total. The van der Waals surface area contributed by atoms with Gasteiger partial charge in [-0.25, -0.2) is 0 Å². The normalized spacial score (nSPS) is 11.6. The van der Waals surface area contributed by atoms with Crippen LogP contribution >= 0.6 is 0 Å². The van der Waals surface area contributed by atoms with E-state index in [0.717, 1.165) is 79.3 Å². The van der Waals surface area contributed by atoms with Crippen molar-refractivity contribution in [1.82, 2.24) is 9.13 Å². The van der Waals surface area contributed by atoms with E-state index in [-0.39, 0.29) is 11.5 Å². The molecule has 8 aromatic carbocycles. The van der Waals surface area contributed by atoms with Crippen LogP contribution in [0.3, 0.4) is 0 Å². The van der Waals surface area contributed by atoms with Crippen LogP contribution in [0.5, 0.6) is 23.0 Å². The van der Waals surface area contributed by atoms with Gasteiger partial charge in [0.15, 0.2) is 0 Å². The minimum atomic E-state index is 0.199. The van der Waals surface area contributed by atoms with Gasteiger partial charge in [0, 0.05) is 50.2 Å². The van der Waals surface area contributed by atoms with Crippen molar-refractivity contribution in [2.45, 2.75) is 47.0 Å². The Hall–Kier alpha value is -7.44. The van der Waals surface area contributed by atoms with Gasteiger partial charge in [-0.15, -0.1) is 0 Å². The average Bonchev–Trinajstić information content (AvgIpc) is 3.82. The van der Waals surface area contributed by atoms with Crippen LogP contribution in [-0.2, 0) is 12.8 Å². The lowest BCUT2D eigenvalue weighted by molar-refractivity contribution is 0.248. The maximum Gasteiger partial charge on any atom is 0.147 e. The number of hydrogen-bond donors (Lipinski definition) is 2. The molecule has 2 heterocycles. The number of ether oxygens (including phenoxy) is 2. The van der Waals surface area contributed by atoms with Gasteiger partial charge in [0.1, 0.15) is 23.0 Å². The van der Waals surface area contributed by atoms with E-state index in [4.69, 9.17) is 9.47 Å². The number of nitrogens with zero attached hydrogens (tertiary/aromatic N) is 2. The fourth-order valence-electron chi connectivity index (χ4n) is 9.32. The van der Waals surface area contributed by atoms with Crippen molar-refractivity contribution in [3.8, 4) is 56.6 Å². The summed E-state index contributed by atoms with van der Waals surface area (Å²) in [6.07, 6.45) is 2.52.